The normalized spacial score (nSPS) is 11.2. The Labute approximate surface area is 175 Å². The SMILES string of the molecule is O=C(Nc1cccc(C(=O)Nc2cccc(F)c2)c1)c1ccc(S(=O)(=O)C(F)F)cc1. The molecule has 0 atom stereocenters. The number of nitrogens with one attached hydrogen (secondary N) is 2. The predicted octanol–water partition coefficient (Wildman–Crippen LogP) is 4.33. The minimum atomic E-state index is -4.75. The Morgan fingerprint density at radius 3 is 1.87 bits per heavy atom. The first-order chi connectivity index (χ1) is 14.7. The molecule has 0 heterocycles. The summed E-state index contributed by atoms with van der Waals surface area (Å²) in [7, 11) is -4.75. The quantitative estimate of drug-likeness (QED) is 0.587. The molecule has 0 fully saturated rings. The second-order valence-electron chi connectivity index (χ2n) is 6.33. The molecule has 2 amide bonds. The molecule has 0 saturated heterocycles. The van der Waals surface area contributed by atoms with E-state index in [1.807, 2.05) is 0 Å². The molecule has 0 aliphatic rings. The van der Waals surface area contributed by atoms with Crippen molar-refractivity contribution in [2.24, 2.45) is 0 Å². The molecule has 3 rings (SSSR count). The largest absolute Gasteiger partial charge is 0.341 e. The van der Waals surface area contributed by atoms with E-state index in [0.29, 0.717) is 0 Å². The van der Waals surface area contributed by atoms with Gasteiger partial charge in [-0.05, 0) is 60.7 Å². The van der Waals surface area contributed by atoms with Crippen molar-refractivity contribution in [2.45, 2.75) is 10.7 Å². The van der Waals surface area contributed by atoms with Crippen molar-refractivity contribution in [3.05, 3.63) is 89.7 Å². The summed E-state index contributed by atoms with van der Waals surface area (Å²) in [4.78, 5) is 24.1. The minimum absolute atomic E-state index is 0.0304. The number of sulfone groups is 1. The van der Waals surface area contributed by atoms with Crippen molar-refractivity contribution >= 4 is 33.0 Å². The van der Waals surface area contributed by atoms with Crippen LogP contribution in [0.3, 0.4) is 0 Å². The molecule has 160 valence electrons. The molecule has 0 spiro atoms. The van der Waals surface area contributed by atoms with Gasteiger partial charge < -0.3 is 10.6 Å². The third kappa shape index (κ3) is 5.28. The first kappa shape index (κ1) is 22.0. The van der Waals surface area contributed by atoms with Crippen molar-refractivity contribution in [3.8, 4) is 0 Å². The number of alkyl halides is 2. The lowest BCUT2D eigenvalue weighted by Gasteiger charge is -2.09. The zero-order valence-corrected chi connectivity index (χ0v) is 16.5. The zero-order valence-electron chi connectivity index (χ0n) is 15.7. The summed E-state index contributed by atoms with van der Waals surface area (Å²) in [5.74, 6) is -5.23. The van der Waals surface area contributed by atoms with E-state index < -0.39 is 38.1 Å². The molecule has 2 N–H and O–H groups in total. The van der Waals surface area contributed by atoms with E-state index in [2.05, 4.69) is 10.6 Å². The standard InChI is InChI=1S/C21H15F3N2O4S/c22-15-4-2-6-17(12-15)26-20(28)14-3-1-5-16(11-14)25-19(27)13-7-9-18(10-8-13)31(29,30)21(23)24/h1-12,21H,(H,25,27)(H,26,28). The summed E-state index contributed by atoms with van der Waals surface area (Å²) in [6, 6.07) is 15.3. The Balaban J connectivity index is 1.72. The van der Waals surface area contributed by atoms with Gasteiger partial charge in [0.15, 0.2) is 0 Å². The summed E-state index contributed by atoms with van der Waals surface area (Å²) in [6.45, 7) is 0. The number of benzene rings is 3. The Kier molecular flexibility index (Phi) is 6.40. The molecule has 0 aliphatic carbocycles. The van der Waals surface area contributed by atoms with Gasteiger partial charge in [0.1, 0.15) is 5.82 Å². The van der Waals surface area contributed by atoms with Crippen molar-refractivity contribution in [1.82, 2.24) is 0 Å². The van der Waals surface area contributed by atoms with Gasteiger partial charge in [0.25, 0.3) is 11.8 Å². The number of amides is 2. The van der Waals surface area contributed by atoms with Crippen LogP contribution in [0.4, 0.5) is 24.5 Å². The Bertz CT molecular complexity index is 1230. The fourth-order valence-corrected chi connectivity index (χ4v) is 3.33. The Hall–Kier alpha value is -3.66. The van der Waals surface area contributed by atoms with E-state index in [1.165, 1.54) is 42.5 Å². The molecule has 31 heavy (non-hydrogen) atoms. The molecular weight excluding hydrogens is 433 g/mol. The second kappa shape index (κ2) is 9.00. The minimum Gasteiger partial charge on any atom is -0.322 e. The number of carbonyl (C=O) groups is 2. The third-order valence-electron chi connectivity index (χ3n) is 4.14. The zero-order chi connectivity index (χ0) is 22.6. The third-order valence-corrected chi connectivity index (χ3v) is 5.54. The number of anilines is 2. The van der Waals surface area contributed by atoms with Crippen LogP contribution in [-0.4, -0.2) is 26.0 Å². The molecule has 3 aromatic carbocycles. The number of rotatable bonds is 6. The molecule has 0 aliphatic heterocycles. The van der Waals surface area contributed by atoms with Gasteiger partial charge in [0, 0.05) is 22.5 Å². The maximum atomic E-state index is 13.2. The highest BCUT2D eigenvalue weighted by molar-refractivity contribution is 7.91. The molecule has 10 heteroatoms. The lowest BCUT2D eigenvalue weighted by molar-refractivity contribution is 0.101. The van der Waals surface area contributed by atoms with E-state index in [4.69, 9.17) is 0 Å². The number of hydrogen-bond donors (Lipinski definition) is 2. The molecular formula is C21H15F3N2O4S. The first-order valence-corrected chi connectivity index (χ1v) is 10.3. The fourth-order valence-electron chi connectivity index (χ4n) is 2.61. The van der Waals surface area contributed by atoms with Gasteiger partial charge in [-0.1, -0.05) is 12.1 Å². The van der Waals surface area contributed by atoms with Crippen LogP contribution in [0, 0.1) is 5.82 Å². The van der Waals surface area contributed by atoms with Gasteiger partial charge in [-0.2, -0.15) is 8.78 Å². The van der Waals surface area contributed by atoms with Crippen LogP contribution in [0.15, 0.2) is 77.7 Å². The molecule has 3 aromatic rings. The predicted molar refractivity (Wildman–Crippen MR) is 108 cm³/mol. The van der Waals surface area contributed by atoms with Crippen LogP contribution in [0.2, 0.25) is 0 Å². The lowest BCUT2D eigenvalue weighted by atomic mass is 10.1. The van der Waals surface area contributed by atoms with E-state index in [-0.39, 0.29) is 22.5 Å². The summed E-state index contributed by atoms with van der Waals surface area (Å²) in [5.41, 5.74) is 0.753. The smallest absolute Gasteiger partial charge is 0.322 e. The van der Waals surface area contributed by atoms with Gasteiger partial charge in [-0.15, -0.1) is 0 Å². The van der Waals surface area contributed by atoms with Crippen LogP contribution in [0.1, 0.15) is 20.7 Å². The van der Waals surface area contributed by atoms with Gasteiger partial charge in [-0.3, -0.25) is 9.59 Å². The topological polar surface area (TPSA) is 92.3 Å². The van der Waals surface area contributed by atoms with Crippen LogP contribution >= 0.6 is 0 Å². The molecule has 0 unspecified atom stereocenters. The Morgan fingerprint density at radius 2 is 1.29 bits per heavy atom. The molecule has 0 aromatic heterocycles. The monoisotopic (exact) mass is 448 g/mol. The van der Waals surface area contributed by atoms with Crippen molar-refractivity contribution < 1.29 is 31.2 Å². The van der Waals surface area contributed by atoms with Crippen LogP contribution < -0.4 is 10.6 Å². The van der Waals surface area contributed by atoms with Gasteiger partial charge in [0.05, 0.1) is 4.90 Å². The van der Waals surface area contributed by atoms with Crippen molar-refractivity contribution in [2.75, 3.05) is 10.6 Å². The van der Waals surface area contributed by atoms with Crippen LogP contribution in [-0.2, 0) is 9.84 Å². The van der Waals surface area contributed by atoms with Gasteiger partial charge in [0.2, 0.25) is 9.84 Å². The summed E-state index contributed by atoms with van der Waals surface area (Å²) >= 11 is 0. The van der Waals surface area contributed by atoms with Crippen molar-refractivity contribution in [3.63, 3.8) is 0 Å². The van der Waals surface area contributed by atoms with E-state index in [0.717, 1.165) is 30.3 Å². The molecule has 6 nitrogen and oxygen atoms in total. The fraction of sp³-hybridized carbons (Fsp3) is 0.0476. The molecule has 0 radical (unpaired) electrons. The van der Waals surface area contributed by atoms with E-state index >= 15 is 0 Å². The summed E-state index contributed by atoms with van der Waals surface area (Å²) in [6.07, 6.45) is 0. The highest BCUT2D eigenvalue weighted by Gasteiger charge is 2.26. The van der Waals surface area contributed by atoms with Crippen molar-refractivity contribution in [1.29, 1.82) is 0 Å². The van der Waals surface area contributed by atoms with Gasteiger partial charge in [-0.25, -0.2) is 12.8 Å². The highest BCUT2D eigenvalue weighted by atomic mass is 32.2. The summed E-state index contributed by atoms with van der Waals surface area (Å²) in [5, 5.41) is 5.06. The highest BCUT2D eigenvalue weighted by Crippen LogP contribution is 2.20. The van der Waals surface area contributed by atoms with Crippen LogP contribution in [0.5, 0.6) is 0 Å². The van der Waals surface area contributed by atoms with E-state index in [9.17, 15) is 31.2 Å². The molecule has 0 saturated carbocycles. The molecule has 0 bridgehead atoms. The average molecular weight is 448 g/mol. The maximum absolute atomic E-state index is 13.2. The number of halogens is 3. The maximum Gasteiger partial charge on any atom is 0.341 e. The number of hydrogen-bond acceptors (Lipinski definition) is 4. The number of carbonyl (C=O) groups excluding carboxylic acids is 2. The van der Waals surface area contributed by atoms with Gasteiger partial charge >= 0.3 is 5.76 Å². The van der Waals surface area contributed by atoms with E-state index in [1.54, 1.807) is 0 Å². The first-order valence-electron chi connectivity index (χ1n) is 8.77. The van der Waals surface area contributed by atoms with Crippen LogP contribution in [0.25, 0.3) is 0 Å². The average Bonchev–Trinajstić information content (AvgIpc) is 2.74. The summed E-state index contributed by atoms with van der Waals surface area (Å²) < 4.78 is 61.3. The lowest BCUT2D eigenvalue weighted by Crippen LogP contribution is -2.15. The second-order valence-corrected chi connectivity index (χ2v) is 8.25. The Morgan fingerprint density at radius 1 is 0.742 bits per heavy atom.